The van der Waals surface area contributed by atoms with Crippen LogP contribution in [0.4, 0.5) is 15.3 Å². The van der Waals surface area contributed by atoms with E-state index < -0.39 is 12.2 Å². The van der Waals surface area contributed by atoms with Gasteiger partial charge in [0.1, 0.15) is 5.75 Å². The van der Waals surface area contributed by atoms with Crippen molar-refractivity contribution in [2.24, 2.45) is 0 Å². The van der Waals surface area contributed by atoms with Crippen molar-refractivity contribution in [3.05, 3.63) is 58.1 Å². The number of rotatable bonds is 7. The molecule has 0 bridgehead atoms. The van der Waals surface area contributed by atoms with Crippen molar-refractivity contribution >= 4 is 23.7 Å². The molecule has 3 fully saturated rings. The van der Waals surface area contributed by atoms with E-state index in [-0.39, 0.29) is 18.0 Å². The number of likely N-dealkylation sites (tertiary alicyclic amines) is 1. The average Bonchev–Trinajstić information content (AvgIpc) is 3.28. The maximum absolute atomic E-state index is 14.2. The smallest absolute Gasteiger partial charge is 0.410 e. The van der Waals surface area contributed by atoms with Crippen molar-refractivity contribution in [2.75, 3.05) is 71.3 Å². The minimum Gasteiger partial charge on any atom is -0.496 e. The summed E-state index contributed by atoms with van der Waals surface area (Å²) in [5.41, 5.74) is 6.05. The van der Waals surface area contributed by atoms with Gasteiger partial charge in [0.2, 0.25) is 0 Å². The zero-order chi connectivity index (χ0) is 33.8. The average molecular weight is 661 g/mol. The Morgan fingerprint density at radius 3 is 2.29 bits per heavy atom. The number of urea groups is 1. The summed E-state index contributed by atoms with van der Waals surface area (Å²) in [4.78, 5) is 49.0. The van der Waals surface area contributed by atoms with Gasteiger partial charge in [0.25, 0.3) is 5.91 Å². The van der Waals surface area contributed by atoms with Crippen LogP contribution in [0.1, 0.15) is 53.5 Å². The number of hydrogen-bond acceptors (Lipinski definition) is 7. The van der Waals surface area contributed by atoms with Gasteiger partial charge in [0.15, 0.2) is 6.10 Å². The molecule has 0 unspecified atom stereocenters. The van der Waals surface area contributed by atoms with Gasteiger partial charge in [0, 0.05) is 70.0 Å². The number of ether oxygens (including phenoxy) is 2. The maximum atomic E-state index is 14.2. The Hall–Kier alpha value is -3.83. The molecule has 0 aromatic heterocycles. The molecular formula is C37H52N6O5. The van der Waals surface area contributed by atoms with Gasteiger partial charge < -0.3 is 34.8 Å². The molecule has 0 spiro atoms. The third-order valence-electron chi connectivity index (χ3n) is 11.0. The maximum Gasteiger partial charge on any atom is 0.410 e. The predicted molar refractivity (Wildman–Crippen MR) is 186 cm³/mol. The molecule has 11 heteroatoms. The third kappa shape index (κ3) is 7.42. The summed E-state index contributed by atoms with van der Waals surface area (Å²) >= 11 is 0. The van der Waals surface area contributed by atoms with Crippen LogP contribution < -0.4 is 15.4 Å². The minimum atomic E-state index is -0.929. The van der Waals surface area contributed by atoms with Gasteiger partial charge in [0.05, 0.1) is 7.11 Å². The molecule has 2 N–H and O–H groups in total. The molecule has 11 nitrogen and oxygen atoms in total. The number of benzene rings is 2. The second-order valence-corrected chi connectivity index (χ2v) is 13.8. The first kappa shape index (κ1) is 34.0. The number of nitrogens with zero attached hydrogens (tertiary/aromatic N) is 4. The molecule has 4 heterocycles. The molecule has 4 aliphatic heterocycles. The van der Waals surface area contributed by atoms with Crippen LogP contribution in [0.3, 0.4) is 0 Å². The number of nitrogens with one attached hydrogen (secondary N) is 2. The standard InChI is InChI=1S/C37H52N6O5/c1-25-23-29(26(2)27(3)34(25)47-4)24-33(35(44)41-21-19-40(20-22-41)30-9-14-38-15-10-30)48-37(46)42-16-12-31(13-17-42)43-18-11-28-7-5-6-8-32(28)39-36(43)45/h5-8,23,30-31,33,38H,9-22,24H2,1-4H3,(H,39,45)/t33-/m1/s1. The van der Waals surface area contributed by atoms with Crippen molar-refractivity contribution in [3.63, 3.8) is 0 Å². The lowest BCUT2D eigenvalue weighted by Gasteiger charge is -2.41. The van der Waals surface area contributed by atoms with Gasteiger partial charge in [-0.3, -0.25) is 9.69 Å². The Morgan fingerprint density at radius 1 is 0.875 bits per heavy atom. The molecule has 4 amide bonds. The van der Waals surface area contributed by atoms with Crippen molar-refractivity contribution in [3.8, 4) is 5.75 Å². The third-order valence-corrected chi connectivity index (χ3v) is 11.0. The van der Waals surface area contributed by atoms with Crippen molar-refractivity contribution in [2.45, 2.75) is 77.5 Å². The molecule has 2 aromatic rings. The Bertz CT molecular complexity index is 1480. The predicted octanol–water partition coefficient (Wildman–Crippen LogP) is 4.12. The van der Waals surface area contributed by atoms with Gasteiger partial charge in [-0.15, -0.1) is 0 Å². The normalized spacial score (nSPS) is 20.5. The van der Waals surface area contributed by atoms with Crippen molar-refractivity contribution in [1.82, 2.24) is 24.9 Å². The summed E-state index contributed by atoms with van der Waals surface area (Å²) in [7, 11) is 1.67. The molecule has 2 aromatic carbocycles. The zero-order valence-electron chi connectivity index (χ0n) is 29.1. The topological polar surface area (TPSA) is 107 Å². The molecule has 260 valence electrons. The molecular weight excluding hydrogens is 608 g/mol. The summed E-state index contributed by atoms with van der Waals surface area (Å²) in [5.74, 6) is 0.713. The first-order chi connectivity index (χ1) is 23.2. The van der Waals surface area contributed by atoms with Crippen LogP contribution >= 0.6 is 0 Å². The number of amides is 4. The van der Waals surface area contributed by atoms with Gasteiger partial charge in [-0.2, -0.15) is 0 Å². The number of para-hydroxylation sites is 1. The van der Waals surface area contributed by atoms with Crippen LogP contribution in [0.15, 0.2) is 30.3 Å². The fourth-order valence-corrected chi connectivity index (χ4v) is 8.02. The lowest BCUT2D eigenvalue weighted by atomic mass is 9.94. The van der Waals surface area contributed by atoms with Crippen molar-refractivity contribution < 1.29 is 23.9 Å². The van der Waals surface area contributed by atoms with Crippen molar-refractivity contribution in [1.29, 1.82) is 0 Å². The number of carbonyl (C=O) groups excluding carboxylic acids is 3. The SMILES string of the molecule is COc1c(C)cc(C[C@@H](OC(=O)N2CCC(N3CCc4ccccc4NC3=O)CC2)C(=O)N2CCN(C3CCNCC3)CC2)c(C)c1C. The lowest BCUT2D eigenvalue weighted by molar-refractivity contribution is -0.143. The number of anilines is 1. The highest BCUT2D eigenvalue weighted by molar-refractivity contribution is 5.91. The van der Waals surface area contributed by atoms with E-state index in [4.69, 9.17) is 9.47 Å². The van der Waals surface area contributed by atoms with Gasteiger partial charge in [-0.05, 0) is 99.8 Å². The summed E-state index contributed by atoms with van der Waals surface area (Å²) in [5, 5.41) is 6.50. The number of fused-ring (bicyclic) bond motifs is 1. The quantitative estimate of drug-likeness (QED) is 0.461. The fourth-order valence-electron chi connectivity index (χ4n) is 8.02. The molecule has 0 radical (unpaired) electrons. The molecule has 1 atom stereocenters. The Morgan fingerprint density at radius 2 is 1.58 bits per heavy atom. The first-order valence-corrected chi connectivity index (χ1v) is 17.7. The van der Waals surface area contributed by atoms with Gasteiger partial charge in [-0.1, -0.05) is 24.3 Å². The largest absolute Gasteiger partial charge is 0.496 e. The Balaban J connectivity index is 1.11. The Kier molecular flexibility index (Phi) is 10.8. The van der Waals surface area contributed by atoms with Crippen LogP contribution in [0.25, 0.3) is 0 Å². The number of hydrogen-bond donors (Lipinski definition) is 2. The molecule has 48 heavy (non-hydrogen) atoms. The van der Waals surface area contributed by atoms with Crippen LogP contribution in [0, 0.1) is 20.8 Å². The minimum absolute atomic E-state index is 0.0323. The highest BCUT2D eigenvalue weighted by Crippen LogP contribution is 2.30. The van der Waals surface area contributed by atoms with E-state index in [0.717, 1.165) is 84.7 Å². The van der Waals surface area contributed by atoms with E-state index in [1.54, 1.807) is 12.0 Å². The van der Waals surface area contributed by atoms with E-state index in [0.29, 0.717) is 58.0 Å². The molecule has 4 aliphatic rings. The van der Waals surface area contributed by atoms with Gasteiger partial charge in [-0.25, -0.2) is 9.59 Å². The second kappa shape index (κ2) is 15.2. The number of carbonyl (C=O) groups is 3. The van der Waals surface area contributed by atoms with E-state index >= 15 is 0 Å². The number of aryl methyl sites for hydroxylation is 1. The van der Waals surface area contributed by atoms with E-state index in [9.17, 15) is 14.4 Å². The summed E-state index contributed by atoms with van der Waals surface area (Å²) in [6.07, 6.45) is 3.29. The fraction of sp³-hybridized carbons (Fsp3) is 0.595. The number of methoxy groups -OCH3 is 1. The first-order valence-electron chi connectivity index (χ1n) is 17.7. The highest BCUT2D eigenvalue weighted by Gasteiger charge is 2.36. The second-order valence-electron chi connectivity index (χ2n) is 13.8. The van der Waals surface area contributed by atoms with Gasteiger partial charge >= 0.3 is 12.1 Å². The zero-order valence-corrected chi connectivity index (χ0v) is 29.1. The molecule has 3 saturated heterocycles. The van der Waals surface area contributed by atoms with Crippen LogP contribution in [-0.4, -0.2) is 122 Å². The monoisotopic (exact) mass is 660 g/mol. The van der Waals surface area contributed by atoms with Crippen LogP contribution in [0.5, 0.6) is 5.75 Å². The van der Waals surface area contributed by atoms with Crippen LogP contribution in [0.2, 0.25) is 0 Å². The van der Waals surface area contributed by atoms with E-state index in [1.165, 1.54) is 0 Å². The van der Waals surface area contributed by atoms with E-state index in [1.807, 2.05) is 48.8 Å². The molecule has 6 rings (SSSR count). The molecule has 0 aliphatic carbocycles. The van der Waals surface area contributed by atoms with E-state index in [2.05, 4.69) is 27.7 Å². The molecule has 0 saturated carbocycles. The van der Waals surface area contributed by atoms with Crippen LogP contribution in [-0.2, 0) is 22.4 Å². The summed E-state index contributed by atoms with van der Waals surface area (Å²) < 4.78 is 11.8. The number of piperidine rings is 2. The summed E-state index contributed by atoms with van der Waals surface area (Å²) in [6.45, 7) is 12.6. The highest BCUT2D eigenvalue weighted by atomic mass is 16.6. The summed E-state index contributed by atoms with van der Waals surface area (Å²) in [6, 6.07) is 10.5. The lowest BCUT2D eigenvalue weighted by Crippen LogP contribution is -2.56. The number of piperazine rings is 1. The Labute approximate surface area is 284 Å².